The fraction of sp³-hybridized carbons (Fsp3) is 0.538. The van der Waals surface area contributed by atoms with Gasteiger partial charge in [-0.1, -0.05) is 25.5 Å². The summed E-state index contributed by atoms with van der Waals surface area (Å²) in [5.74, 6) is -0.166. The van der Waals surface area contributed by atoms with E-state index in [-0.39, 0.29) is 5.82 Å². The van der Waals surface area contributed by atoms with Crippen molar-refractivity contribution < 1.29 is 4.39 Å². The van der Waals surface area contributed by atoms with E-state index in [1.54, 1.807) is 12.1 Å². The van der Waals surface area contributed by atoms with Gasteiger partial charge < -0.3 is 5.73 Å². The molecule has 0 aliphatic rings. The molecule has 90 valence electrons. The molecule has 0 heterocycles. The lowest BCUT2D eigenvalue weighted by Gasteiger charge is -2.21. The van der Waals surface area contributed by atoms with Crippen molar-refractivity contribution in [3.8, 4) is 0 Å². The smallest absolute Gasteiger partial charge is 0.123 e. The molecule has 0 fully saturated rings. The second-order valence-electron chi connectivity index (χ2n) is 4.05. The third-order valence-corrected chi connectivity index (χ3v) is 2.57. The van der Waals surface area contributed by atoms with E-state index in [1.807, 2.05) is 6.07 Å². The van der Waals surface area contributed by atoms with E-state index in [1.165, 1.54) is 12.5 Å². The summed E-state index contributed by atoms with van der Waals surface area (Å²) in [7, 11) is 0. The number of nitrogens with two attached hydrogens (primary N) is 1. The topological polar surface area (TPSA) is 29.3 Å². The van der Waals surface area contributed by atoms with Crippen molar-refractivity contribution in [3.63, 3.8) is 0 Å². The summed E-state index contributed by atoms with van der Waals surface area (Å²) in [4.78, 5) is 2.28. The molecule has 16 heavy (non-hydrogen) atoms. The lowest BCUT2D eigenvalue weighted by molar-refractivity contribution is 0.268. The summed E-state index contributed by atoms with van der Waals surface area (Å²) < 4.78 is 13.0. The molecule has 1 aromatic carbocycles. The monoisotopic (exact) mass is 224 g/mol. The molecule has 0 radical (unpaired) electrons. The minimum atomic E-state index is -0.166. The van der Waals surface area contributed by atoms with Crippen LogP contribution in [0, 0.1) is 5.82 Å². The second-order valence-corrected chi connectivity index (χ2v) is 4.05. The van der Waals surface area contributed by atoms with E-state index in [0.717, 1.165) is 31.6 Å². The number of unbranched alkanes of at least 4 members (excludes halogenated alkanes) is 1. The predicted octanol–water partition coefficient (Wildman–Crippen LogP) is 2.39. The molecule has 0 atom stereocenters. The van der Waals surface area contributed by atoms with E-state index in [9.17, 15) is 4.39 Å². The molecule has 0 aliphatic heterocycles. The van der Waals surface area contributed by atoms with Crippen molar-refractivity contribution in [2.24, 2.45) is 5.73 Å². The van der Waals surface area contributed by atoms with Crippen LogP contribution >= 0.6 is 0 Å². The molecule has 1 aromatic rings. The minimum Gasteiger partial charge on any atom is -0.329 e. The quantitative estimate of drug-likeness (QED) is 0.770. The molecule has 0 saturated carbocycles. The van der Waals surface area contributed by atoms with Crippen LogP contribution in [-0.2, 0) is 6.54 Å². The normalized spacial score (nSPS) is 11.0. The van der Waals surface area contributed by atoms with E-state index in [0.29, 0.717) is 6.54 Å². The molecule has 0 saturated heterocycles. The van der Waals surface area contributed by atoms with E-state index >= 15 is 0 Å². The van der Waals surface area contributed by atoms with Crippen LogP contribution in [0.5, 0.6) is 0 Å². The van der Waals surface area contributed by atoms with Crippen LogP contribution in [-0.4, -0.2) is 24.5 Å². The fourth-order valence-corrected chi connectivity index (χ4v) is 1.73. The number of hydrogen-bond acceptors (Lipinski definition) is 2. The summed E-state index contributed by atoms with van der Waals surface area (Å²) in [6.45, 7) is 5.51. The highest BCUT2D eigenvalue weighted by molar-refractivity contribution is 5.16. The van der Waals surface area contributed by atoms with Crippen molar-refractivity contribution in [1.82, 2.24) is 4.90 Å². The lowest BCUT2D eigenvalue weighted by Crippen LogP contribution is -2.30. The zero-order chi connectivity index (χ0) is 11.8. The Morgan fingerprint density at radius 2 is 2.12 bits per heavy atom. The Kier molecular flexibility index (Phi) is 6.04. The predicted molar refractivity (Wildman–Crippen MR) is 65.6 cm³/mol. The zero-order valence-corrected chi connectivity index (χ0v) is 9.95. The third kappa shape index (κ3) is 4.73. The number of benzene rings is 1. The maximum absolute atomic E-state index is 13.0. The SMILES string of the molecule is CCCCN(CCN)Cc1cccc(F)c1. The van der Waals surface area contributed by atoms with Gasteiger partial charge in [0.2, 0.25) is 0 Å². The standard InChI is InChI=1S/C13H21FN2/c1-2-3-8-16(9-7-15)11-12-5-4-6-13(14)10-12/h4-6,10H,2-3,7-9,11,15H2,1H3. The van der Waals surface area contributed by atoms with Gasteiger partial charge in [0, 0.05) is 19.6 Å². The zero-order valence-electron chi connectivity index (χ0n) is 9.95. The Labute approximate surface area is 97.3 Å². The first-order valence-electron chi connectivity index (χ1n) is 5.93. The van der Waals surface area contributed by atoms with Crippen molar-refractivity contribution in [2.75, 3.05) is 19.6 Å². The molecule has 0 aromatic heterocycles. The van der Waals surface area contributed by atoms with Gasteiger partial charge in [0.15, 0.2) is 0 Å². The average Bonchev–Trinajstić information content (AvgIpc) is 2.26. The Bertz CT molecular complexity index is 302. The number of rotatable bonds is 7. The van der Waals surface area contributed by atoms with Gasteiger partial charge in [-0.3, -0.25) is 4.90 Å². The Hall–Kier alpha value is -0.930. The van der Waals surface area contributed by atoms with Crippen LogP contribution in [0.3, 0.4) is 0 Å². The Morgan fingerprint density at radius 1 is 1.31 bits per heavy atom. The second kappa shape index (κ2) is 7.36. The van der Waals surface area contributed by atoms with Crippen molar-refractivity contribution in [1.29, 1.82) is 0 Å². The van der Waals surface area contributed by atoms with E-state index < -0.39 is 0 Å². The van der Waals surface area contributed by atoms with Crippen LogP contribution in [0.4, 0.5) is 4.39 Å². The maximum Gasteiger partial charge on any atom is 0.123 e. The van der Waals surface area contributed by atoms with Crippen molar-refractivity contribution >= 4 is 0 Å². The maximum atomic E-state index is 13.0. The Balaban J connectivity index is 2.52. The fourth-order valence-electron chi connectivity index (χ4n) is 1.73. The molecule has 0 spiro atoms. The minimum absolute atomic E-state index is 0.166. The number of halogens is 1. The molecular formula is C13H21FN2. The van der Waals surface area contributed by atoms with Crippen LogP contribution < -0.4 is 5.73 Å². The average molecular weight is 224 g/mol. The highest BCUT2D eigenvalue weighted by Crippen LogP contribution is 2.07. The summed E-state index contributed by atoms with van der Waals surface area (Å²) >= 11 is 0. The van der Waals surface area contributed by atoms with Gasteiger partial charge in [-0.15, -0.1) is 0 Å². The molecule has 0 aliphatic carbocycles. The van der Waals surface area contributed by atoms with Crippen LogP contribution in [0.2, 0.25) is 0 Å². The summed E-state index contributed by atoms with van der Waals surface area (Å²) in [6.07, 6.45) is 2.33. The first kappa shape index (κ1) is 13.1. The van der Waals surface area contributed by atoms with Gasteiger partial charge in [-0.25, -0.2) is 4.39 Å². The first-order chi connectivity index (χ1) is 7.76. The van der Waals surface area contributed by atoms with Gasteiger partial charge >= 0.3 is 0 Å². The highest BCUT2D eigenvalue weighted by Gasteiger charge is 2.04. The van der Waals surface area contributed by atoms with E-state index in [4.69, 9.17) is 5.73 Å². The van der Waals surface area contributed by atoms with Gasteiger partial charge in [0.05, 0.1) is 0 Å². The molecule has 0 bridgehead atoms. The van der Waals surface area contributed by atoms with Gasteiger partial charge in [0.25, 0.3) is 0 Å². The van der Waals surface area contributed by atoms with Gasteiger partial charge in [0.1, 0.15) is 5.82 Å². The molecule has 0 unspecified atom stereocenters. The number of nitrogens with zero attached hydrogens (tertiary/aromatic N) is 1. The highest BCUT2D eigenvalue weighted by atomic mass is 19.1. The first-order valence-corrected chi connectivity index (χ1v) is 5.93. The van der Waals surface area contributed by atoms with Crippen LogP contribution in [0.15, 0.2) is 24.3 Å². The lowest BCUT2D eigenvalue weighted by atomic mass is 10.2. The van der Waals surface area contributed by atoms with Gasteiger partial charge in [-0.2, -0.15) is 0 Å². The van der Waals surface area contributed by atoms with Crippen molar-refractivity contribution in [2.45, 2.75) is 26.3 Å². The van der Waals surface area contributed by atoms with Crippen LogP contribution in [0.1, 0.15) is 25.3 Å². The summed E-state index contributed by atoms with van der Waals surface area (Å²) in [6, 6.07) is 6.78. The van der Waals surface area contributed by atoms with Crippen molar-refractivity contribution in [3.05, 3.63) is 35.6 Å². The summed E-state index contributed by atoms with van der Waals surface area (Å²) in [5.41, 5.74) is 6.59. The molecule has 2 N–H and O–H groups in total. The van der Waals surface area contributed by atoms with Gasteiger partial charge in [-0.05, 0) is 30.7 Å². The number of hydrogen-bond donors (Lipinski definition) is 1. The summed E-state index contributed by atoms with van der Waals surface area (Å²) in [5, 5.41) is 0. The third-order valence-electron chi connectivity index (χ3n) is 2.57. The molecule has 0 amide bonds. The Morgan fingerprint density at radius 3 is 2.75 bits per heavy atom. The molecule has 2 nitrogen and oxygen atoms in total. The van der Waals surface area contributed by atoms with E-state index in [2.05, 4.69) is 11.8 Å². The molecule has 1 rings (SSSR count). The van der Waals surface area contributed by atoms with Crippen LogP contribution in [0.25, 0.3) is 0 Å². The molecule has 3 heteroatoms. The molecular weight excluding hydrogens is 203 g/mol. The largest absolute Gasteiger partial charge is 0.329 e.